The molecule has 4 heteroatoms. The van der Waals surface area contributed by atoms with Gasteiger partial charge in [0.05, 0.1) is 6.07 Å². The van der Waals surface area contributed by atoms with Gasteiger partial charge in [-0.05, 0) is 19.3 Å². The minimum Gasteiger partial charge on any atom is -0.550 e. The van der Waals surface area contributed by atoms with Gasteiger partial charge in [0.25, 0.3) is 0 Å². The van der Waals surface area contributed by atoms with Crippen molar-refractivity contribution >= 4 is 5.97 Å². The summed E-state index contributed by atoms with van der Waals surface area (Å²) in [5.41, 5.74) is 0. The van der Waals surface area contributed by atoms with Gasteiger partial charge in [-0.2, -0.15) is 5.26 Å². The van der Waals surface area contributed by atoms with Crippen LogP contribution in [0, 0.1) is 11.3 Å². The van der Waals surface area contributed by atoms with E-state index in [9.17, 15) is 9.90 Å². The molecule has 0 aliphatic rings. The van der Waals surface area contributed by atoms with E-state index in [0.29, 0.717) is 12.8 Å². The lowest BCUT2D eigenvalue weighted by Crippen LogP contribution is -2.21. The quantitative estimate of drug-likeness (QED) is 0.592. The summed E-state index contributed by atoms with van der Waals surface area (Å²) in [6.07, 6.45) is 2.87. The van der Waals surface area contributed by atoms with Gasteiger partial charge in [0, 0.05) is 12.4 Å². The molecular weight excluding hydrogens is 144 g/mol. The van der Waals surface area contributed by atoms with Crippen LogP contribution in [0.4, 0.5) is 0 Å². The van der Waals surface area contributed by atoms with E-state index in [1.54, 1.807) is 0 Å². The van der Waals surface area contributed by atoms with Crippen LogP contribution in [0.2, 0.25) is 0 Å². The van der Waals surface area contributed by atoms with Gasteiger partial charge in [0.2, 0.25) is 0 Å². The monoisotopic (exact) mass is 158 g/mol. The maximum absolute atomic E-state index is 9.86. The van der Waals surface area contributed by atoms with Crippen molar-refractivity contribution in [2.24, 2.45) is 0 Å². The second-order valence-electron chi connectivity index (χ2n) is 2.09. The average molecular weight is 158 g/mol. The van der Waals surface area contributed by atoms with E-state index in [2.05, 4.69) is 0 Å². The zero-order valence-electron chi connectivity index (χ0n) is 6.80. The molecule has 0 aromatic heterocycles. The highest BCUT2D eigenvalue weighted by atomic mass is 16.4. The van der Waals surface area contributed by atoms with Crippen LogP contribution < -0.4 is 11.3 Å². The van der Waals surface area contributed by atoms with Gasteiger partial charge < -0.3 is 16.1 Å². The largest absolute Gasteiger partial charge is 0.550 e. The Balaban J connectivity index is 0. The Kier molecular flexibility index (Phi) is 10.2. The number of hydrogen-bond acceptors (Lipinski definition) is 3. The third kappa shape index (κ3) is 12.2. The zero-order valence-corrected chi connectivity index (χ0v) is 6.80. The van der Waals surface area contributed by atoms with Crippen LogP contribution in [0.15, 0.2) is 0 Å². The molecule has 0 aromatic rings. The first-order valence-corrected chi connectivity index (χ1v) is 3.34. The molecule has 0 rings (SSSR count). The van der Waals surface area contributed by atoms with Crippen LogP contribution in [0.25, 0.3) is 0 Å². The van der Waals surface area contributed by atoms with Crippen LogP contribution >= 0.6 is 0 Å². The van der Waals surface area contributed by atoms with Crippen molar-refractivity contribution in [3.05, 3.63) is 0 Å². The average Bonchev–Trinajstić information content (AvgIpc) is 1.87. The highest BCUT2D eigenvalue weighted by Gasteiger charge is 1.88. The van der Waals surface area contributed by atoms with Gasteiger partial charge in [-0.15, -0.1) is 0 Å². The molecule has 0 spiro atoms. The second-order valence-corrected chi connectivity index (χ2v) is 2.09. The third-order valence-electron chi connectivity index (χ3n) is 1.17. The highest BCUT2D eigenvalue weighted by Crippen LogP contribution is 2.00. The molecule has 4 nitrogen and oxygen atoms in total. The molecule has 11 heavy (non-hydrogen) atoms. The third-order valence-corrected chi connectivity index (χ3v) is 1.17. The molecule has 0 amide bonds. The summed E-state index contributed by atoms with van der Waals surface area (Å²) in [6.45, 7) is 0. The molecule has 0 heterocycles. The van der Waals surface area contributed by atoms with Crippen molar-refractivity contribution in [3.63, 3.8) is 0 Å². The second kappa shape index (κ2) is 8.92. The maximum Gasteiger partial charge on any atom is 0.0621 e. The van der Waals surface area contributed by atoms with Crippen molar-refractivity contribution in [2.75, 3.05) is 0 Å². The number of aliphatic carboxylic acids is 1. The summed E-state index contributed by atoms with van der Waals surface area (Å²) in [5.74, 6) is -1.00. The summed E-state index contributed by atoms with van der Waals surface area (Å²) in [6, 6.07) is 1.99. The SMILES string of the molecule is N#CCCCCCC(=O)[O-].[NH4+]. The zero-order chi connectivity index (χ0) is 7.82. The van der Waals surface area contributed by atoms with Gasteiger partial charge in [-0.3, -0.25) is 0 Å². The van der Waals surface area contributed by atoms with E-state index in [1.165, 1.54) is 0 Å². The number of carbonyl (C=O) groups is 1. The van der Waals surface area contributed by atoms with E-state index < -0.39 is 5.97 Å². The first-order valence-electron chi connectivity index (χ1n) is 3.34. The molecular formula is C7H14N2O2. The molecule has 0 saturated carbocycles. The van der Waals surface area contributed by atoms with Crippen molar-refractivity contribution in [2.45, 2.75) is 32.1 Å². The van der Waals surface area contributed by atoms with E-state index in [4.69, 9.17) is 5.26 Å². The van der Waals surface area contributed by atoms with Gasteiger partial charge >= 0.3 is 0 Å². The molecule has 0 unspecified atom stereocenters. The minimum absolute atomic E-state index is 0. The number of carboxylic acids is 1. The fraction of sp³-hybridized carbons (Fsp3) is 0.714. The number of carbonyl (C=O) groups excluding carboxylic acids is 1. The topological polar surface area (TPSA) is 100 Å². The highest BCUT2D eigenvalue weighted by molar-refractivity contribution is 5.63. The first kappa shape index (κ1) is 12.6. The summed E-state index contributed by atoms with van der Waals surface area (Å²) in [7, 11) is 0. The fourth-order valence-electron chi connectivity index (χ4n) is 0.650. The van der Waals surface area contributed by atoms with E-state index in [1.807, 2.05) is 6.07 Å². The van der Waals surface area contributed by atoms with Gasteiger partial charge in [-0.1, -0.05) is 6.42 Å². The van der Waals surface area contributed by atoms with Crippen LogP contribution in [0.1, 0.15) is 32.1 Å². The number of nitrogens with zero attached hydrogens (tertiary/aromatic N) is 1. The van der Waals surface area contributed by atoms with Crippen LogP contribution in [0.3, 0.4) is 0 Å². The molecule has 4 N–H and O–H groups in total. The summed E-state index contributed by atoms with van der Waals surface area (Å²) >= 11 is 0. The molecule has 0 atom stereocenters. The molecule has 0 radical (unpaired) electrons. The van der Waals surface area contributed by atoms with Crippen molar-refractivity contribution in [1.82, 2.24) is 6.15 Å². The van der Waals surface area contributed by atoms with Crippen molar-refractivity contribution in [1.29, 1.82) is 5.26 Å². The van der Waals surface area contributed by atoms with Crippen LogP contribution in [-0.4, -0.2) is 5.97 Å². The Morgan fingerprint density at radius 2 is 2.00 bits per heavy atom. The molecule has 0 bridgehead atoms. The number of carboxylic acid groups (broad SMARTS) is 1. The van der Waals surface area contributed by atoms with E-state index in [-0.39, 0.29) is 12.6 Å². The molecule has 64 valence electrons. The predicted octanol–water partition coefficient (Wildman–Crippen LogP) is 0.587. The summed E-state index contributed by atoms with van der Waals surface area (Å²) in [5, 5.41) is 18.0. The Labute approximate surface area is 66.4 Å². The van der Waals surface area contributed by atoms with Gasteiger partial charge in [0.1, 0.15) is 0 Å². The first-order chi connectivity index (χ1) is 4.77. The minimum atomic E-state index is -1.00. The predicted molar refractivity (Wildman–Crippen MR) is 39.7 cm³/mol. The number of rotatable bonds is 5. The van der Waals surface area contributed by atoms with Gasteiger partial charge in [0.15, 0.2) is 0 Å². The van der Waals surface area contributed by atoms with Crippen LogP contribution in [-0.2, 0) is 4.79 Å². The van der Waals surface area contributed by atoms with Crippen LogP contribution in [0.5, 0.6) is 0 Å². The molecule has 0 aliphatic heterocycles. The van der Waals surface area contributed by atoms with E-state index in [0.717, 1.165) is 12.8 Å². The Morgan fingerprint density at radius 1 is 1.36 bits per heavy atom. The lowest BCUT2D eigenvalue weighted by Gasteiger charge is -1.98. The smallest absolute Gasteiger partial charge is 0.0621 e. The lowest BCUT2D eigenvalue weighted by atomic mass is 10.1. The maximum atomic E-state index is 9.86. The fourth-order valence-corrected chi connectivity index (χ4v) is 0.650. The Hall–Kier alpha value is -1.08. The standard InChI is InChI=1S/C7H11NO2.H3N/c8-6-4-2-1-3-5-7(9)10;/h1-5H2,(H,9,10);1H3. The summed E-state index contributed by atoms with van der Waals surface area (Å²) in [4.78, 5) is 9.86. The number of hydrogen-bond donors (Lipinski definition) is 1. The van der Waals surface area contributed by atoms with E-state index >= 15 is 0 Å². The Morgan fingerprint density at radius 3 is 2.45 bits per heavy atom. The molecule has 0 aromatic carbocycles. The number of nitriles is 1. The molecule has 0 aliphatic carbocycles. The Bertz CT molecular complexity index is 140. The summed E-state index contributed by atoms with van der Waals surface area (Å²) < 4.78 is 0. The van der Waals surface area contributed by atoms with Crippen molar-refractivity contribution in [3.8, 4) is 6.07 Å². The normalized spacial score (nSPS) is 7.91. The van der Waals surface area contributed by atoms with Crippen molar-refractivity contribution < 1.29 is 9.90 Å². The van der Waals surface area contributed by atoms with Gasteiger partial charge in [-0.25, -0.2) is 0 Å². The number of unbranched alkanes of at least 4 members (excludes halogenated alkanes) is 3. The number of quaternary nitrogens is 1. The lowest BCUT2D eigenvalue weighted by molar-refractivity contribution is -0.305. The molecule has 0 saturated heterocycles. The molecule has 0 fully saturated rings.